The van der Waals surface area contributed by atoms with Crippen LogP contribution >= 0.6 is 11.6 Å². The fraction of sp³-hybridized carbons (Fsp3) is 0.258. The Bertz CT molecular complexity index is 1650. The Labute approximate surface area is 242 Å². The summed E-state index contributed by atoms with van der Waals surface area (Å²) in [5, 5.41) is 13.7. The van der Waals surface area contributed by atoms with E-state index in [0.29, 0.717) is 24.5 Å². The lowest BCUT2D eigenvalue weighted by Gasteiger charge is -2.26. The van der Waals surface area contributed by atoms with Crippen LogP contribution in [0.4, 0.5) is 15.0 Å². The number of urea groups is 1. The van der Waals surface area contributed by atoms with Crippen LogP contribution in [0.25, 0.3) is 11.4 Å². The van der Waals surface area contributed by atoms with Gasteiger partial charge in [-0.1, -0.05) is 54.1 Å². The fourth-order valence-electron chi connectivity index (χ4n) is 5.72. The van der Waals surface area contributed by atoms with Crippen LogP contribution in [-0.2, 0) is 37.1 Å². The van der Waals surface area contributed by atoms with Gasteiger partial charge in [0.25, 0.3) is 0 Å². The minimum absolute atomic E-state index is 0.0642. The van der Waals surface area contributed by atoms with Crippen molar-refractivity contribution in [1.82, 2.24) is 19.8 Å². The zero-order chi connectivity index (χ0) is 28.9. The summed E-state index contributed by atoms with van der Waals surface area (Å²) < 4.78 is 16.4. The van der Waals surface area contributed by atoms with E-state index in [1.165, 1.54) is 28.2 Å². The molecule has 0 unspecified atom stereocenters. The van der Waals surface area contributed by atoms with Gasteiger partial charge in [0.05, 0.1) is 6.20 Å². The predicted molar refractivity (Wildman–Crippen MR) is 154 cm³/mol. The highest BCUT2D eigenvalue weighted by atomic mass is 35.5. The van der Waals surface area contributed by atoms with E-state index in [2.05, 4.69) is 27.3 Å². The average Bonchev–Trinajstić information content (AvgIpc) is 3.51. The number of aliphatic hydroxyl groups is 1. The number of carbonyl (C=O) groups is 2. The lowest BCUT2D eigenvalue weighted by molar-refractivity contribution is -0.120. The quantitative estimate of drug-likeness (QED) is 0.335. The molecule has 1 fully saturated rings. The second-order valence-corrected chi connectivity index (χ2v) is 11.2. The molecule has 0 aliphatic carbocycles. The Morgan fingerprint density at radius 2 is 1.83 bits per heavy atom. The molecule has 3 heterocycles. The van der Waals surface area contributed by atoms with Crippen LogP contribution < -0.4 is 10.2 Å². The third-order valence-corrected chi connectivity index (χ3v) is 8.23. The topological polar surface area (TPSA) is 90.7 Å². The number of halogens is 2. The summed E-state index contributed by atoms with van der Waals surface area (Å²) in [6, 6.07) is 17.8. The molecule has 2 N–H and O–H groups in total. The number of nitrogens with zero attached hydrogens (tertiary/aromatic N) is 4. The van der Waals surface area contributed by atoms with Crippen molar-refractivity contribution >= 4 is 29.4 Å². The van der Waals surface area contributed by atoms with Crippen LogP contribution in [0.1, 0.15) is 41.2 Å². The van der Waals surface area contributed by atoms with Crippen LogP contribution in [0.2, 0.25) is 5.02 Å². The molecule has 2 aliphatic rings. The van der Waals surface area contributed by atoms with Crippen molar-refractivity contribution in [3.05, 3.63) is 106 Å². The van der Waals surface area contributed by atoms with Crippen LogP contribution in [0, 0.1) is 5.82 Å². The first-order valence-electron chi connectivity index (χ1n) is 13.4. The predicted octanol–water partition coefficient (Wildman–Crippen LogP) is 5.10. The van der Waals surface area contributed by atoms with Crippen LogP contribution in [0.15, 0.2) is 66.9 Å². The number of hydrogen-bond donors (Lipinski definition) is 2. The van der Waals surface area contributed by atoms with E-state index in [9.17, 15) is 19.1 Å². The van der Waals surface area contributed by atoms with Crippen LogP contribution in [0.3, 0.4) is 0 Å². The molecule has 0 bridgehead atoms. The molecule has 1 atom stereocenters. The lowest BCUT2D eigenvalue weighted by atomic mass is 9.87. The first-order chi connectivity index (χ1) is 19.6. The molecule has 8 nitrogen and oxygen atoms in total. The van der Waals surface area contributed by atoms with Crippen molar-refractivity contribution in [3.63, 3.8) is 0 Å². The summed E-state index contributed by atoms with van der Waals surface area (Å²) in [6.07, 6.45) is 1.91. The molecule has 1 aromatic heterocycles. The van der Waals surface area contributed by atoms with Crippen LogP contribution in [-0.4, -0.2) is 38.0 Å². The Morgan fingerprint density at radius 3 is 2.56 bits per heavy atom. The first-order valence-corrected chi connectivity index (χ1v) is 13.7. The fourth-order valence-corrected chi connectivity index (χ4v) is 6.07. The van der Waals surface area contributed by atoms with E-state index in [-0.39, 0.29) is 22.9 Å². The van der Waals surface area contributed by atoms with Crippen molar-refractivity contribution in [2.75, 3.05) is 11.4 Å². The Balaban J connectivity index is 1.15. The summed E-state index contributed by atoms with van der Waals surface area (Å²) >= 11 is 6.22. The Morgan fingerprint density at radius 1 is 1.07 bits per heavy atom. The minimum Gasteiger partial charge on any atom is -0.381 e. The Kier molecular flexibility index (Phi) is 6.89. The third-order valence-electron chi connectivity index (χ3n) is 7.92. The maximum Gasteiger partial charge on any atom is 0.329 e. The second kappa shape index (κ2) is 10.4. The molecule has 2 aliphatic heterocycles. The van der Waals surface area contributed by atoms with Crippen molar-refractivity contribution in [2.24, 2.45) is 7.05 Å². The van der Waals surface area contributed by atoms with Gasteiger partial charge < -0.3 is 9.67 Å². The van der Waals surface area contributed by atoms with E-state index in [1.54, 1.807) is 19.2 Å². The van der Waals surface area contributed by atoms with Gasteiger partial charge in [-0.2, -0.15) is 0 Å². The zero-order valence-electron chi connectivity index (χ0n) is 22.7. The monoisotopic (exact) mass is 573 g/mol. The smallest absolute Gasteiger partial charge is 0.329 e. The number of imidazole rings is 1. The largest absolute Gasteiger partial charge is 0.381 e. The molecule has 3 aromatic carbocycles. The van der Waals surface area contributed by atoms with Gasteiger partial charge >= 0.3 is 6.03 Å². The number of nitrogens with one attached hydrogen (secondary N) is 1. The van der Waals surface area contributed by atoms with Crippen molar-refractivity contribution in [2.45, 2.75) is 38.6 Å². The normalized spacial score (nSPS) is 17.0. The number of imide groups is 1. The summed E-state index contributed by atoms with van der Waals surface area (Å²) in [4.78, 5) is 32.3. The highest BCUT2D eigenvalue weighted by Gasteiger charge is 2.31. The second-order valence-electron chi connectivity index (χ2n) is 10.7. The molecule has 4 aromatic rings. The van der Waals surface area contributed by atoms with E-state index < -0.39 is 17.4 Å². The summed E-state index contributed by atoms with van der Waals surface area (Å²) in [7, 11) is 1.86. The molecule has 3 amide bonds. The van der Waals surface area contributed by atoms with Gasteiger partial charge in [-0.15, -0.1) is 0 Å². The standard InChI is InChI=1S/C31H29ClFN5O3/c1-31(41,28-24(32)4-3-5-25(28)33)23-10-6-19(7-11-23)16-37-17-21-9-8-20(14-22(21)18-37)29-34-15-27(36(29)2)38-13-12-26(39)35-30(38)40/h3-11,14-15,41H,12-13,16-18H2,1-2H3,(H,35,39,40)/t31-/m0/s1. The molecule has 1 saturated heterocycles. The third kappa shape index (κ3) is 5.01. The number of rotatable bonds is 6. The van der Waals surface area contributed by atoms with Crippen molar-refractivity contribution in [1.29, 1.82) is 0 Å². The molecule has 0 saturated carbocycles. The molecule has 0 radical (unpaired) electrons. The molecule has 41 heavy (non-hydrogen) atoms. The van der Waals surface area contributed by atoms with Gasteiger partial charge in [-0.3, -0.25) is 19.9 Å². The summed E-state index contributed by atoms with van der Waals surface area (Å²) in [6.45, 7) is 4.14. The SMILES string of the molecule is Cn1c(N2CCC(=O)NC2=O)cnc1-c1ccc2c(c1)CN(Cc1ccc([C@](C)(O)c3c(F)cccc3Cl)cc1)C2. The van der Waals surface area contributed by atoms with Gasteiger partial charge in [0.1, 0.15) is 23.1 Å². The lowest BCUT2D eigenvalue weighted by Crippen LogP contribution is -2.50. The number of benzene rings is 3. The maximum absolute atomic E-state index is 14.5. The van der Waals surface area contributed by atoms with Gasteiger partial charge in [0, 0.05) is 55.8 Å². The van der Waals surface area contributed by atoms with Gasteiger partial charge in [0.15, 0.2) is 0 Å². The number of amides is 3. The van der Waals surface area contributed by atoms with Gasteiger partial charge in [0.2, 0.25) is 5.91 Å². The summed E-state index contributed by atoms with van der Waals surface area (Å²) in [5.41, 5.74) is 3.53. The molecular formula is C31H29ClFN5O3. The van der Waals surface area contributed by atoms with E-state index >= 15 is 0 Å². The summed E-state index contributed by atoms with van der Waals surface area (Å²) in [5.74, 6) is 0.554. The molecule has 6 rings (SSSR count). The Hall–Kier alpha value is -4.05. The van der Waals surface area contributed by atoms with Gasteiger partial charge in [-0.05, 0) is 47.4 Å². The number of anilines is 1. The van der Waals surface area contributed by atoms with Crippen molar-refractivity contribution in [3.8, 4) is 11.4 Å². The van der Waals surface area contributed by atoms with E-state index in [4.69, 9.17) is 11.6 Å². The highest BCUT2D eigenvalue weighted by molar-refractivity contribution is 6.31. The van der Waals surface area contributed by atoms with Gasteiger partial charge in [-0.25, -0.2) is 14.2 Å². The number of fused-ring (bicyclic) bond motifs is 1. The molecule has 210 valence electrons. The highest BCUT2D eigenvalue weighted by Crippen LogP contribution is 2.36. The van der Waals surface area contributed by atoms with Crippen molar-refractivity contribution < 1.29 is 19.1 Å². The van der Waals surface area contributed by atoms with E-state index in [0.717, 1.165) is 30.0 Å². The minimum atomic E-state index is -1.57. The zero-order valence-corrected chi connectivity index (χ0v) is 23.5. The number of aromatic nitrogens is 2. The first kappa shape index (κ1) is 27.1. The average molecular weight is 574 g/mol. The van der Waals surface area contributed by atoms with E-state index in [1.807, 2.05) is 41.9 Å². The number of carbonyl (C=O) groups excluding carboxylic acids is 2. The number of hydrogen-bond acceptors (Lipinski definition) is 5. The molecule has 0 spiro atoms. The molecular weight excluding hydrogens is 545 g/mol. The van der Waals surface area contributed by atoms with Crippen LogP contribution in [0.5, 0.6) is 0 Å². The maximum atomic E-state index is 14.5. The molecule has 10 heteroatoms.